The second-order valence-corrected chi connectivity index (χ2v) is 5.58. The van der Waals surface area contributed by atoms with Crippen LogP contribution >= 0.6 is 34.8 Å². The van der Waals surface area contributed by atoms with Crippen molar-refractivity contribution in [2.45, 2.75) is 11.8 Å². The van der Waals surface area contributed by atoms with E-state index in [0.29, 0.717) is 12.0 Å². The van der Waals surface area contributed by atoms with E-state index < -0.39 is 4.92 Å². The minimum Gasteiger partial charge on any atom is -0.258 e. The number of nitrogens with zero attached hydrogens (tertiary/aromatic N) is 1. The molecule has 0 heterocycles. The molecule has 0 aliphatic heterocycles. The van der Waals surface area contributed by atoms with Crippen molar-refractivity contribution >= 4 is 40.5 Å². The lowest BCUT2D eigenvalue weighted by Crippen LogP contribution is -2.01. The zero-order chi connectivity index (χ0) is 14.7. The van der Waals surface area contributed by atoms with Gasteiger partial charge in [0.1, 0.15) is 0 Å². The van der Waals surface area contributed by atoms with Gasteiger partial charge in [0.2, 0.25) is 0 Å². The van der Waals surface area contributed by atoms with Crippen molar-refractivity contribution in [2.24, 2.45) is 0 Å². The van der Waals surface area contributed by atoms with E-state index in [1.165, 1.54) is 12.1 Å². The fourth-order valence-corrected chi connectivity index (χ4v) is 2.54. The molecule has 2 aromatic carbocycles. The van der Waals surface area contributed by atoms with E-state index in [0.717, 1.165) is 5.56 Å². The summed E-state index contributed by atoms with van der Waals surface area (Å²) in [7, 11) is 0. The van der Waals surface area contributed by atoms with Gasteiger partial charge in [0, 0.05) is 11.6 Å². The number of hydrogen-bond donors (Lipinski definition) is 0. The molecular formula is C14H10Cl3NO2. The number of benzene rings is 2. The van der Waals surface area contributed by atoms with E-state index in [1.54, 1.807) is 0 Å². The van der Waals surface area contributed by atoms with Crippen LogP contribution in [-0.4, -0.2) is 4.92 Å². The molecule has 0 aliphatic carbocycles. The van der Waals surface area contributed by atoms with Gasteiger partial charge in [-0.15, -0.1) is 11.6 Å². The first-order valence-electron chi connectivity index (χ1n) is 5.80. The van der Waals surface area contributed by atoms with Crippen molar-refractivity contribution in [1.29, 1.82) is 0 Å². The van der Waals surface area contributed by atoms with Crippen LogP contribution in [0.4, 0.5) is 5.69 Å². The number of hydrogen-bond acceptors (Lipinski definition) is 2. The third kappa shape index (κ3) is 3.42. The molecule has 0 amide bonds. The van der Waals surface area contributed by atoms with Crippen molar-refractivity contribution in [3.8, 4) is 0 Å². The maximum Gasteiger partial charge on any atom is 0.274 e. The minimum absolute atomic E-state index is 0.0685. The van der Waals surface area contributed by atoms with Crippen molar-refractivity contribution in [3.05, 3.63) is 73.8 Å². The summed E-state index contributed by atoms with van der Waals surface area (Å²) in [4.78, 5) is 10.6. The molecule has 0 aliphatic rings. The van der Waals surface area contributed by atoms with Gasteiger partial charge in [-0.25, -0.2) is 0 Å². The highest BCUT2D eigenvalue weighted by atomic mass is 35.5. The molecule has 2 aromatic rings. The van der Waals surface area contributed by atoms with Crippen LogP contribution in [0.2, 0.25) is 10.0 Å². The first kappa shape index (κ1) is 15.1. The summed E-state index contributed by atoms with van der Waals surface area (Å²) in [5.41, 5.74) is 1.30. The minimum atomic E-state index is -0.480. The summed E-state index contributed by atoms with van der Waals surface area (Å²) in [6.45, 7) is 0. The van der Waals surface area contributed by atoms with Crippen LogP contribution in [-0.2, 0) is 6.42 Å². The van der Waals surface area contributed by atoms with Crippen LogP contribution in [0.5, 0.6) is 0 Å². The Morgan fingerprint density at radius 1 is 1.10 bits per heavy atom. The topological polar surface area (TPSA) is 43.1 Å². The summed E-state index contributed by atoms with van der Waals surface area (Å²) in [6, 6.07) is 12.1. The molecule has 3 nitrogen and oxygen atoms in total. The van der Waals surface area contributed by atoms with E-state index >= 15 is 0 Å². The maximum atomic E-state index is 11.1. The molecule has 20 heavy (non-hydrogen) atoms. The highest BCUT2D eigenvalue weighted by molar-refractivity contribution is 6.42. The first-order chi connectivity index (χ1) is 9.49. The summed E-state index contributed by atoms with van der Waals surface area (Å²) in [6.07, 6.45) is 0.304. The fraction of sp³-hybridized carbons (Fsp3) is 0.143. The van der Waals surface area contributed by atoms with Crippen LogP contribution in [0.1, 0.15) is 16.5 Å². The van der Waals surface area contributed by atoms with Gasteiger partial charge in [0.25, 0.3) is 5.69 Å². The normalized spacial score (nSPS) is 12.2. The average molecular weight is 331 g/mol. The van der Waals surface area contributed by atoms with Crippen molar-refractivity contribution in [1.82, 2.24) is 0 Å². The summed E-state index contributed by atoms with van der Waals surface area (Å²) in [5, 5.41) is 11.1. The molecule has 0 spiro atoms. The summed E-state index contributed by atoms with van der Waals surface area (Å²) >= 11 is 18.0. The van der Waals surface area contributed by atoms with Crippen LogP contribution in [0.15, 0.2) is 42.5 Å². The van der Waals surface area contributed by atoms with E-state index in [1.807, 2.05) is 30.3 Å². The highest BCUT2D eigenvalue weighted by Crippen LogP contribution is 2.34. The van der Waals surface area contributed by atoms with E-state index in [2.05, 4.69) is 0 Å². The molecule has 1 atom stereocenters. The molecule has 0 bridgehead atoms. The number of halogens is 3. The van der Waals surface area contributed by atoms with Gasteiger partial charge in [0.15, 0.2) is 0 Å². The molecule has 6 heteroatoms. The Balaban J connectivity index is 2.33. The second kappa shape index (κ2) is 6.44. The predicted molar refractivity (Wildman–Crippen MR) is 81.9 cm³/mol. The molecule has 1 unspecified atom stereocenters. The quantitative estimate of drug-likeness (QED) is 0.426. The molecule has 0 radical (unpaired) electrons. The lowest BCUT2D eigenvalue weighted by molar-refractivity contribution is -0.385. The smallest absolute Gasteiger partial charge is 0.258 e. The Hall–Kier alpha value is -1.29. The van der Waals surface area contributed by atoms with Crippen LogP contribution in [0.3, 0.4) is 0 Å². The molecule has 0 fully saturated rings. The van der Waals surface area contributed by atoms with Gasteiger partial charge in [0.05, 0.1) is 20.3 Å². The Bertz CT molecular complexity index is 632. The highest BCUT2D eigenvalue weighted by Gasteiger charge is 2.20. The number of rotatable bonds is 4. The largest absolute Gasteiger partial charge is 0.274 e. The Kier molecular flexibility index (Phi) is 4.86. The number of nitro groups is 1. The lowest BCUT2D eigenvalue weighted by atomic mass is 10.0. The zero-order valence-corrected chi connectivity index (χ0v) is 12.5. The van der Waals surface area contributed by atoms with Crippen LogP contribution < -0.4 is 0 Å². The van der Waals surface area contributed by atoms with Gasteiger partial charge in [-0.05, 0) is 18.1 Å². The van der Waals surface area contributed by atoms with Gasteiger partial charge in [-0.1, -0.05) is 53.5 Å². The van der Waals surface area contributed by atoms with Gasteiger partial charge in [-0.3, -0.25) is 10.1 Å². The Morgan fingerprint density at radius 2 is 1.70 bits per heavy atom. The fourth-order valence-electron chi connectivity index (χ4n) is 1.88. The molecular weight excluding hydrogens is 321 g/mol. The lowest BCUT2D eigenvalue weighted by Gasteiger charge is -2.11. The van der Waals surface area contributed by atoms with E-state index in [9.17, 15) is 10.1 Å². The number of nitro benzene ring substituents is 1. The van der Waals surface area contributed by atoms with E-state index in [4.69, 9.17) is 34.8 Å². The third-order valence-corrected chi connectivity index (χ3v) is 4.01. The van der Waals surface area contributed by atoms with Gasteiger partial charge >= 0.3 is 0 Å². The van der Waals surface area contributed by atoms with Crippen LogP contribution in [0, 0.1) is 10.1 Å². The SMILES string of the molecule is O=[N+]([O-])c1cc(Cl)c(Cl)cc1CC(Cl)c1ccccc1. The summed E-state index contributed by atoms with van der Waals surface area (Å²) in [5.74, 6) is 0. The molecule has 104 valence electrons. The molecule has 0 N–H and O–H groups in total. The Morgan fingerprint density at radius 3 is 2.30 bits per heavy atom. The third-order valence-electron chi connectivity index (χ3n) is 2.88. The van der Waals surface area contributed by atoms with Crippen molar-refractivity contribution in [3.63, 3.8) is 0 Å². The van der Waals surface area contributed by atoms with Gasteiger partial charge < -0.3 is 0 Å². The molecule has 2 rings (SSSR count). The molecule has 0 aromatic heterocycles. The first-order valence-corrected chi connectivity index (χ1v) is 6.99. The van der Waals surface area contributed by atoms with E-state index in [-0.39, 0.29) is 21.1 Å². The van der Waals surface area contributed by atoms with Crippen LogP contribution in [0.25, 0.3) is 0 Å². The second-order valence-electron chi connectivity index (χ2n) is 4.23. The zero-order valence-electron chi connectivity index (χ0n) is 10.2. The van der Waals surface area contributed by atoms with Gasteiger partial charge in [-0.2, -0.15) is 0 Å². The molecule has 0 saturated heterocycles. The monoisotopic (exact) mass is 329 g/mol. The summed E-state index contributed by atoms with van der Waals surface area (Å²) < 4.78 is 0. The predicted octanol–water partition coefficient (Wildman–Crippen LogP) is 5.42. The maximum absolute atomic E-state index is 11.1. The molecule has 0 saturated carbocycles. The van der Waals surface area contributed by atoms with Crippen molar-refractivity contribution in [2.75, 3.05) is 0 Å². The average Bonchev–Trinajstić information content (AvgIpc) is 2.43. The standard InChI is InChI=1S/C14H10Cl3NO2/c15-11(9-4-2-1-3-5-9)6-10-7-12(16)13(17)8-14(10)18(19)20/h1-5,7-8,11H,6H2. The van der Waals surface area contributed by atoms with Crippen molar-refractivity contribution < 1.29 is 4.92 Å². The Labute approximate surface area is 131 Å². The number of alkyl halides is 1.